The van der Waals surface area contributed by atoms with Crippen molar-refractivity contribution in [2.24, 2.45) is 17.8 Å². The summed E-state index contributed by atoms with van der Waals surface area (Å²) in [6.07, 6.45) is 17.8. The van der Waals surface area contributed by atoms with E-state index in [1.807, 2.05) is 0 Å². The highest BCUT2D eigenvalue weighted by Gasteiger charge is 2.31. The molecule has 0 aromatic rings. The smallest absolute Gasteiger partial charge is 0.306 e. The van der Waals surface area contributed by atoms with Crippen LogP contribution in [0.25, 0.3) is 0 Å². The summed E-state index contributed by atoms with van der Waals surface area (Å²) in [5, 5.41) is 28.1. The number of allylic oxidation sites excluding steroid dienone is 2. The normalized spacial score (nSPS) is 15.9. The fourth-order valence-corrected chi connectivity index (χ4v) is 4.42. The minimum absolute atomic E-state index is 0.479. The van der Waals surface area contributed by atoms with E-state index in [-0.39, 0.29) is 0 Å². The topological polar surface area (TPSA) is 112 Å². The molecule has 0 aromatic heterocycles. The average Bonchev–Trinajstić information content (AvgIpc) is 2.84. The van der Waals surface area contributed by atoms with Gasteiger partial charge in [0.25, 0.3) is 0 Å². The summed E-state index contributed by atoms with van der Waals surface area (Å²) >= 11 is 0. The SMILES string of the molecule is CCCC/C=C/CCCCCCCC[N+](CCC(C)C(=O)O)(CCC(C)C(=O)O)CCC(C)C(=O)O. The molecule has 7 nitrogen and oxygen atoms in total. The fraction of sp³-hybridized carbons (Fsp3) is 0.828. The first-order chi connectivity index (χ1) is 17.0. The zero-order valence-corrected chi connectivity index (χ0v) is 23.4. The molecule has 0 heterocycles. The molecule has 3 N–H and O–H groups in total. The number of hydrogen-bond acceptors (Lipinski definition) is 3. The van der Waals surface area contributed by atoms with E-state index in [1.165, 1.54) is 38.5 Å². The molecular formula is C29H54NO6+. The Labute approximate surface area is 219 Å². The number of nitrogens with zero attached hydrogens (tertiary/aromatic N) is 1. The highest BCUT2D eigenvalue weighted by Crippen LogP contribution is 2.22. The van der Waals surface area contributed by atoms with Gasteiger partial charge in [0.15, 0.2) is 0 Å². The van der Waals surface area contributed by atoms with Crippen molar-refractivity contribution >= 4 is 17.9 Å². The minimum atomic E-state index is -0.828. The first-order valence-electron chi connectivity index (χ1n) is 14.2. The number of carboxylic acid groups (broad SMARTS) is 3. The standard InChI is InChI=1S/C29H53NO6/c1-5-6-7-8-9-10-11-12-13-14-15-16-20-30(21-17-24(2)27(31)32,22-18-25(3)28(33)34)23-19-26(4)29(35)36/h8-9,24-26H,5-7,10-23H2,1-4H3,(H2-,31,32,33,34,35,36)/p+1/b9-8+. The molecule has 0 amide bonds. The lowest BCUT2D eigenvalue weighted by Gasteiger charge is -2.40. The van der Waals surface area contributed by atoms with Crippen LogP contribution in [0.4, 0.5) is 0 Å². The third-order valence-electron chi connectivity index (χ3n) is 7.52. The molecule has 3 atom stereocenters. The molecule has 0 aliphatic rings. The highest BCUT2D eigenvalue weighted by molar-refractivity contribution is 5.70. The van der Waals surface area contributed by atoms with Crippen LogP contribution in [0.3, 0.4) is 0 Å². The van der Waals surface area contributed by atoms with Crippen LogP contribution in [0.1, 0.15) is 111 Å². The summed E-state index contributed by atoms with van der Waals surface area (Å²) < 4.78 is 0.607. The van der Waals surface area contributed by atoms with E-state index in [4.69, 9.17) is 0 Å². The predicted octanol–water partition coefficient (Wildman–Crippen LogP) is 6.61. The van der Waals surface area contributed by atoms with Crippen LogP contribution in [0.5, 0.6) is 0 Å². The second kappa shape index (κ2) is 20.2. The molecule has 0 aliphatic carbocycles. The first-order valence-corrected chi connectivity index (χ1v) is 14.2. The zero-order chi connectivity index (χ0) is 27.4. The third kappa shape index (κ3) is 16.7. The molecule has 0 bridgehead atoms. The van der Waals surface area contributed by atoms with E-state index in [0.717, 1.165) is 32.2 Å². The Morgan fingerprint density at radius 1 is 0.583 bits per heavy atom. The van der Waals surface area contributed by atoms with E-state index in [2.05, 4.69) is 19.1 Å². The van der Waals surface area contributed by atoms with Gasteiger partial charge in [-0.15, -0.1) is 0 Å². The summed E-state index contributed by atoms with van der Waals surface area (Å²) in [7, 11) is 0. The molecular weight excluding hydrogens is 458 g/mol. The Balaban J connectivity index is 4.94. The van der Waals surface area contributed by atoms with Gasteiger partial charge in [0.2, 0.25) is 0 Å². The summed E-state index contributed by atoms with van der Waals surface area (Å²) in [4.78, 5) is 34.3. The Hall–Kier alpha value is -1.89. The molecule has 0 aromatic carbocycles. The van der Waals surface area contributed by atoms with E-state index in [0.29, 0.717) is 43.4 Å². The van der Waals surface area contributed by atoms with Gasteiger partial charge in [-0.2, -0.15) is 0 Å². The van der Waals surface area contributed by atoms with Gasteiger partial charge >= 0.3 is 17.9 Å². The number of rotatable bonds is 24. The highest BCUT2D eigenvalue weighted by atomic mass is 16.4. The molecule has 0 radical (unpaired) electrons. The van der Waals surface area contributed by atoms with Crippen LogP contribution in [0, 0.1) is 17.8 Å². The largest absolute Gasteiger partial charge is 0.481 e. The van der Waals surface area contributed by atoms with Crippen molar-refractivity contribution in [3.05, 3.63) is 12.2 Å². The van der Waals surface area contributed by atoms with Gasteiger partial charge in [0.1, 0.15) is 0 Å². The Morgan fingerprint density at radius 3 is 1.33 bits per heavy atom. The lowest BCUT2D eigenvalue weighted by molar-refractivity contribution is -0.929. The van der Waals surface area contributed by atoms with Crippen LogP contribution in [0.2, 0.25) is 0 Å². The molecule has 36 heavy (non-hydrogen) atoms. The van der Waals surface area contributed by atoms with E-state index < -0.39 is 35.7 Å². The average molecular weight is 513 g/mol. The van der Waals surface area contributed by atoms with Crippen LogP contribution >= 0.6 is 0 Å². The quantitative estimate of drug-likeness (QED) is 0.0762. The molecule has 0 saturated heterocycles. The fourth-order valence-electron chi connectivity index (χ4n) is 4.42. The molecule has 0 rings (SSSR count). The van der Waals surface area contributed by atoms with Gasteiger partial charge in [-0.05, 0) is 32.1 Å². The number of carbonyl (C=O) groups is 3. The summed E-state index contributed by atoms with van der Waals surface area (Å²) in [5.74, 6) is -3.92. The lowest BCUT2D eigenvalue weighted by Crippen LogP contribution is -2.52. The van der Waals surface area contributed by atoms with Crippen molar-refractivity contribution in [2.75, 3.05) is 26.2 Å². The van der Waals surface area contributed by atoms with Crippen molar-refractivity contribution in [3.8, 4) is 0 Å². The second-order valence-corrected chi connectivity index (χ2v) is 10.8. The van der Waals surface area contributed by atoms with Gasteiger partial charge in [-0.1, -0.05) is 72.0 Å². The maximum atomic E-state index is 11.4. The summed E-state index contributed by atoms with van der Waals surface area (Å²) in [5.41, 5.74) is 0. The van der Waals surface area contributed by atoms with Crippen LogP contribution in [0.15, 0.2) is 12.2 Å². The van der Waals surface area contributed by atoms with E-state index in [1.54, 1.807) is 20.8 Å². The maximum absolute atomic E-state index is 11.4. The lowest BCUT2D eigenvalue weighted by atomic mass is 10.0. The Kier molecular flexibility index (Phi) is 19.1. The summed E-state index contributed by atoms with van der Waals surface area (Å²) in [6, 6.07) is 0. The van der Waals surface area contributed by atoms with E-state index in [9.17, 15) is 29.7 Å². The van der Waals surface area contributed by atoms with Crippen LogP contribution in [-0.4, -0.2) is 63.9 Å². The van der Waals surface area contributed by atoms with Crippen molar-refractivity contribution in [3.63, 3.8) is 0 Å². The number of quaternary nitrogens is 1. The molecule has 0 fully saturated rings. The third-order valence-corrected chi connectivity index (χ3v) is 7.52. The monoisotopic (exact) mass is 512 g/mol. The molecule has 0 saturated carbocycles. The van der Waals surface area contributed by atoms with Gasteiger partial charge in [0, 0.05) is 19.3 Å². The number of unbranched alkanes of at least 4 members (excludes halogenated alkanes) is 8. The Bertz CT molecular complexity index is 588. The Morgan fingerprint density at radius 2 is 0.944 bits per heavy atom. The second-order valence-electron chi connectivity index (χ2n) is 10.8. The van der Waals surface area contributed by atoms with Crippen molar-refractivity contribution in [2.45, 2.75) is 111 Å². The molecule has 0 aliphatic heterocycles. The van der Waals surface area contributed by atoms with Gasteiger partial charge < -0.3 is 19.8 Å². The predicted molar refractivity (Wildman–Crippen MR) is 145 cm³/mol. The minimum Gasteiger partial charge on any atom is -0.481 e. The van der Waals surface area contributed by atoms with Crippen LogP contribution in [-0.2, 0) is 14.4 Å². The summed E-state index contributed by atoms with van der Waals surface area (Å²) in [6.45, 7) is 10.1. The molecule has 210 valence electrons. The van der Waals surface area contributed by atoms with Crippen LogP contribution < -0.4 is 0 Å². The van der Waals surface area contributed by atoms with Crippen molar-refractivity contribution in [1.82, 2.24) is 0 Å². The number of hydrogen-bond donors (Lipinski definition) is 3. The van der Waals surface area contributed by atoms with Crippen molar-refractivity contribution < 1.29 is 34.2 Å². The molecule has 7 heteroatoms. The molecule has 3 unspecified atom stereocenters. The van der Waals surface area contributed by atoms with Gasteiger partial charge in [-0.3, -0.25) is 14.4 Å². The molecule has 0 spiro atoms. The maximum Gasteiger partial charge on any atom is 0.306 e. The number of aliphatic carboxylic acids is 3. The number of carboxylic acids is 3. The van der Waals surface area contributed by atoms with Gasteiger partial charge in [-0.25, -0.2) is 0 Å². The zero-order valence-electron chi connectivity index (χ0n) is 23.4. The van der Waals surface area contributed by atoms with Crippen molar-refractivity contribution in [1.29, 1.82) is 0 Å². The van der Waals surface area contributed by atoms with E-state index >= 15 is 0 Å². The first kappa shape index (κ1) is 34.1. The van der Waals surface area contributed by atoms with Gasteiger partial charge in [0.05, 0.1) is 43.9 Å².